The van der Waals surface area contributed by atoms with Crippen molar-refractivity contribution in [1.29, 1.82) is 0 Å². The molecule has 0 unspecified atom stereocenters. The second kappa shape index (κ2) is 4.22. The van der Waals surface area contributed by atoms with Crippen LogP contribution in [0.2, 0.25) is 0 Å². The molecule has 0 aliphatic carbocycles. The standard InChI is InChI=1S/C13H16N4/c14-13-3-1-2-11-8-17(9-12(11)13)7-6-16-5-4-15-10-16/h1-5,10H,6-9,14H2. The van der Waals surface area contributed by atoms with Crippen molar-refractivity contribution >= 4 is 5.69 Å². The van der Waals surface area contributed by atoms with Crippen molar-refractivity contribution in [1.82, 2.24) is 14.5 Å². The summed E-state index contributed by atoms with van der Waals surface area (Å²) in [6, 6.07) is 6.19. The van der Waals surface area contributed by atoms with E-state index in [1.54, 1.807) is 0 Å². The fourth-order valence-electron chi connectivity index (χ4n) is 2.35. The van der Waals surface area contributed by atoms with E-state index in [0.717, 1.165) is 31.9 Å². The van der Waals surface area contributed by atoms with Crippen LogP contribution >= 0.6 is 0 Å². The predicted molar refractivity (Wildman–Crippen MR) is 67.2 cm³/mol. The molecule has 1 aliphatic heterocycles. The van der Waals surface area contributed by atoms with Gasteiger partial charge in [-0.1, -0.05) is 12.1 Å². The Morgan fingerprint density at radius 2 is 2.18 bits per heavy atom. The van der Waals surface area contributed by atoms with Gasteiger partial charge in [-0.25, -0.2) is 4.98 Å². The number of hydrogen-bond donors (Lipinski definition) is 1. The van der Waals surface area contributed by atoms with Gasteiger partial charge >= 0.3 is 0 Å². The Morgan fingerprint density at radius 3 is 2.94 bits per heavy atom. The topological polar surface area (TPSA) is 47.1 Å². The van der Waals surface area contributed by atoms with Gasteiger partial charge in [-0.2, -0.15) is 0 Å². The number of nitrogens with two attached hydrogens (primary N) is 1. The van der Waals surface area contributed by atoms with Crippen molar-refractivity contribution < 1.29 is 0 Å². The van der Waals surface area contributed by atoms with Crippen LogP contribution in [0.15, 0.2) is 36.9 Å². The number of nitrogen functional groups attached to an aromatic ring is 1. The molecule has 0 saturated carbocycles. The first-order chi connectivity index (χ1) is 8.33. The van der Waals surface area contributed by atoms with Crippen LogP contribution in [0.5, 0.6) is 0 Å². The van der Waals surface area contributed by atoms with Crippen LogP contribution in [0.1, 0.15) is 11.1 Å². The summed E-state index contributed by atoms with van der Waals surface area (Å²) in [6.07, 6.45) is 5.67. The average Bonchev–Trinajstić information content (AvgIpc) is 2.95. The highest BCUT2D eigenvalue weighted by Gasteiger charge is 2.19. The highest BCUT2D eigenvalue weighted by Crippen LogP contribution is 2.26. The van der Waals surface area contributed by atoms with Crippen LogP contribution < -0.4 is 5.73 Å². The maximum Gasteiger partial charge on any atom is 0.0946 e. The number of nitrogens with zero attached hydrogens (tertiary/aromatic N) is 3. The minimum absolute atomic E-state index is 0.924. The molecule has 2 N–H and O–H groups in total. The average molecular weight is 228 g/mol. The molecule has 0 bridgehead atoms. The van der Waals surface area contributed by atoms with Gasteiger partial charge in [0.15, 0.2) is 0 Å². The van der Waals surface area contributed by atoms with Gasteiger partial charge in [-0.3, -0.25) is 4.90 Å². The van der Waals surface area contributed by atoms with Gasteiger partial charge in [0.2, 0.25) is 0 Å². The summed E-state index contributed by atoms with van der Waals surface area (Å²) < 4.78 is 2.10. The van der Waals surface area contributed by atoms with Crippen LogP contribution in [0.3, 0.4) is 0 Å². The van der Waals surface area contributed by atoms with E-state index in [1.165, 1.54) is 11.1 Å². The van der Waals surface area contributed by atoms with E-state index in [-0.39, 0.29) is 0 Å². The van der Waals surface area contributed by atoms with E-state index >= 15 is 0 Å². The fourth-order valence-corrected chi connectivity index (χ4v) is 2.35. The Morgan fingerprint density at radius 1 is 1.24 bits per heavy atom. The van der Waals surface area contributed by atoms with E-state index in [1.807, 2.05) is 30.9 Å². The van der Waals surface area contributed by atoms with Gasteiger partial charge in [-0.15, -0.1) is 0 Å². The van der Waals surface area contributed by atoms with Crippen molar-refractivity contribution in [2.24, 2.45) is 0 Å². The number of rotatable bonds is 3. The molecule has 4 heteroatoms. The summed E-state index contributed by atoms with van der Waals surface area (Å²) in [5.74, 6) is 0. The lowest BCUT2D eigenvalue weighted by Gasteiger charge is -2.14. The van der Waals surface area contributed by atoms with Crippen LogP contribution in [0.25, 0.3) is 0 Å². The van der Waals surface area contributed by atoms with E-state index < -0.39 is 0 Å². The van der Waals surface area contributed by atoms with Crippen LogP contribution in [-0.2, 0) is 19.6 Å². The molecule has 0 spiro atoms. The van der Waals surface area contributed by atoms with Gasteiger partial charge in [0, 0.05) is 44.3 Å². The number of fused-ring (bicyclic) bond motifs is 1. The highest BCUT2D eigenvalue weighted by molar-refractivity contribution is 5.52. The van der Waals surface area contributed by atoms with Crippen LogP contribution in [0.4, 0.5) is 5.69 Å². The molecule has 0 fully saturated rings. The van der Waals surface area contributed by atoms with E-state index in [4.69, 9.17) is 5.73 Å². The smallest absolute Gasteiger partial charge is 0.0946 e. The monoisotopic (exact) mass is 228 g/mol. The number of hydrogen-bond acceptors (Lipinski definition) is 3. The highest BCUT2D eigenvalue weighted by atomic mass is 15.2. The lowest BCUT2D eigenvalue weighted by molar-refractivity contribution is 0.272. The zero-order valence-electron chi connectivity index (χ0n) is 9.71. The van der Waals surface area contributed by atoms with Crippen LogP contribution in [-0.4, -0.2) is 21.0 Å². The molecule has 17 heavy (non-hydrogen) atoms. The molecule has 1 aliphatic rings. The first kappa shape index (κ1) is 10.4. The summed E-state index contributed by atoms with van der Waals surface area (Å²) >= 11 is 0. The van der Waals surface area contributed by atoms with Gasteiger partial charge in [0.05, 0.1) is 6.33 Å². The summed E-state index contributed by atoms with van der Waals surface area (Å²) in [5.41, 5.74) is 9.58. The van der Waals surface area contributed by atoms with Crippen molar-refractivity contribution in [2.75, 3.05) is 12.3 Å². The second-order valence-electron chi connectivity index (χ2n) is 4.50. The van der Waals surface area contributed by atoms with Crippen molar-refractivity contribution in [3.05, 3.63) is 48.0 Å². The maximum absolute atomic E-state index is 5.98. The Labute approximate surface area is 101 Å². The quantitative estimate of drug-likeness (QED) is 0.809. The Bertz CT molecular complexity index is 504. The third-order valence-electron chi connectivity index (χ3n) is 3.32. The first-order valence-electron chi connectivity index (χ1n) is 5.87. The third kappa shape index (κ3) is 2.03. The number of imidazole rings is 1. The molecule has 3 rings (SSSR count). The zero-order valence-corrected chi connectivity index (χ0v) is 9.71. The van der Waals surface area contributed by atoms with Gasteiger partial charge in [-0.05, 0) is 17.2 Å². The number of aromatic nitrogens is 2. The molecule has 0 saturated heterocycles. The molecular formula is C13H16N4. The molecule has 1 aromatic carbocycles. The molecule has 0 atom stereocenters. The second-order valence-corrected chi connectivity index (χ2v) is 4.50. The van der Waals surface area contributed by atoms with E-state index in [9.17, 15) is 0 Å². The van der Waals surface area contributed by atoms with E-state index in [2.05, 4.69) is 20.5 Å². The van der Waals surface area contributed by atoms with Gasteiger partial charge in [0.25, 0.3) is 0 Å². The molecule has 88 valence electrons. The molecule has 0 amide bonds. The first-order valence-corrected chi connectivity index (χ1v) is 5.87. The van der Waals surface area contributed by atoms with Crippen molar-refractivity contribution in [3.63, 3.8) is 0 Å². The summed E-state index contributed by atoms with van der Waals surface area (Å²) in [4.78, 5) is 6.46. The maximum atomic E-state index is 5.98. The zero-order chi connectivity index (χ0) is 11.7. The van der Waals surface area contributed by atoms with E-state index in [0.29, 0.717) is 0 Å². The summed E-state index contributed by atoms with van der Waals surface area (Å²) in [6.45, 7) is 3.99. The lowest BCUT2D eigenvalue weighted by Crippen LogP contribution is -2.21. The largest absolute Gasteiger partial charge is 0.398 e. The molecule has 0 radical (unpaired) electrons. The van der Waals surface area contributed by atoms with Gasteiger partial charge in [0.1, 0.15) is 0 Å². The molecular weight excluding hydrogens is 212 g/mol. The number of benzene rings is 1. The lowest BCUT2D eigenvalue weighted by atomic mass is 10.1. The Kier molecular flexibility index (Phi) is 2.57. The molecule has 2 aromatic rings. The van der Waals surface area contributed by atoms with Crippen LogP contribution in [0, 0.1) is 0 Å². The summed E-state index contributed by atoms with van der Waals surface area (Å²) in [5, 5.41) is 0. The minimum Gasteiger partial charge on any atom is -0.398 e. The third-order valence-corrected chi connectivity index (χ3v) is 3.32. The minimum atomic E-state index is 0.924. The normalized spacial score (nSPS) is 15.1. The van der Waals surface area contributed by atoms with Crippen molar-refractivity contribution in [3.8, 4) is 0 Å². The molecule has 4 nitrogen and oxygen atoms in total. The Balaban J connectivity index is 1.64. The van der Waals surface area contributed by atoms with Crippen molar-refractivity contribution in [2.45, 2.75) is 19.6 Å². The Hall–Kier alpha value is -1.81. The number of anilines is 1. The molecule has 1 aromatic heterocycles. The fraction of sp³-hybridized carbons (Fsp3) is 0.308. The summed E-state index contributed by atoms with van der Waals surface area (Å²) in [7, 11) is 0. The molecule has 2 heterocycles. The van der Waals surface area contributed by atoms with Gasteiger partial charge < -0.3 is 10.3 Å². The predicted octanol–water partition coefficient (Wildman–Crippen LogP) is 1.48. The SMILES string of the molecule is Nc1cccc2c1CN(CCn1ccnc1)C2.